The van der Waals surface area contributed by atoms with Crippen LogP contribution in [0.3, 0.4) is 0 Å². The van der Waals surface area contributed by atoms with Crippen molar-refractivity contribution >= 4 is 7.12 Å². The van der Waals surface area contributed by atoms with Gasteiger partial charge in [0.15, 0.2) is 0 Å². The molecule has 2 atom stereocenters. The second kappa shape index (κ2) is 4.04. The van der Waals surface area contributed by atoms with E-state index in [1.165, 1.54) is 0 Å². The normalized spacial score (nSPS) is 33.2. The molecule has 108 valence electrons. The van der Waals surface area contributed by atoms with Crippen LogP contribution in [0.5, 0.6) is 0 Å². The van der Waals surface area contributed by atoms with Gasteiger partial charge in [-0.05, 0) is 33.3 Å². The molecule has 0 amide bonds. The fourth-order valence-corrected chi connectivity index (χ4v) is 2.81. The minimum Gasteiger partial charge on any atom is -0.403 e. The summed E-state index contributed by atoms with van der Waals surface area (Å²) in [5.74, 6) is -4.47. The van der Waals surface area contributed by atoms with Crippen LogP contribution in [0.25, 0.3) is 0 Å². The van der Waals surface area contributed by atoms with Crippen molar-refractivity contribution in [1.82, 2.24) is 0 Å². The van der Waals surface area contributed by atoms with Gasteiger partial charge in [0.1, 0.15) is 0 Å². The Balaban J connectivity index is 1.83. The number of hydrogen-bond acceptors (Lipinski definition) is 2. The topological polar surface area (TPSA) is 18.5 Å². The van der Waals surface area contributed by atoms with Crippen LogP contribution in [0.1, 0.15) is 39.2 Å². The maximum Gasteiger partial charge on any atom is 0.468 e. The summed E-state index contributed by atoms with van der Waals surface area (Å²) < 4.78 is 39.8. The first-order chi connectivity index (χ1) is 9.17. The van der Waals surface area contributed by atoms with Gasteiger partial charge in [0.05, 0.1) is 22.9 Å². The molecule has 20 heavy (non-hydrogen) atoms. The van der Waals surface area contributed by atoms with Gasteiger partial charge in [0, 0.05) is 0 Å². The summed E-state index contributed by atoms with van der Waals surface area (Å²) in [7, 11) is -0.847. The minimum absolute atomic E-state index is 0.572. The van der Waals surface area contributed by atoms with Crippen molar-refractivity contribution in [2.45, 2.75) is 56.6 Å². The van der Waals surface area contributed by atoms with Gasteiger partial charge < -0.3 is 9.31 Å². The van der Waals surface area contributed by atoms with Crippen LogP contribution in [-0.2, 0) is 9.31 Å². The van der Waals surface area contributed by atoms with E-state index in [1.807, 2.05) is 33.8 Å². The zero-order valence-corrected chi connectivity index (χ0v) is 12.2. The monoisotopic (exact) mass is 280 g/mol. The highest BCUT2D eigenvalue weighted by molar-refractivity contribution is 6.49. The van der Waals surface area contributed by atoms with E-state index in [4.69, 9.17) is 9.31 Å². The molecule has 0 unspecified atom stereocenters. The highest BCUT2D eigenvalue weighted by atomic mass is 19.3. The SMILES string of the molecule is CC1(C)OB([C@@H]2[C@H](c3ccccc3)C2(F)F)OC1(C)C. The second-order valence-corrected chi connectivity index (χ2v) is 6.71. The molecule has 0 radical (unpaired) electrons. The number of alkyl halides is 2. The molecule has 1 aliphatic heterocycles. The van der Waals surface area contributed by atoms with Gasteiger partial charge >= 0.3 is 7.12 Å². The van der Waals surface area contributed by atoms with E-state index in [0.29, 0.717) is 5.56 Å². The lowest BCUT2D eigenvalue weighted by atomic mass is 9.79. The zero-order chi connectivity index (χ0) is 14.8. The van der Waals surface area contributed by atoms with E-state index in [0.717, 1.165) is 0 Å². The number of hydrogen-bond donors (Lipinski definition) is 0. The lowest BCUT2D eigenvalue weighted by molar-refractivity contribution is 0.00578. The Labute approximate surface area is 118 Å². The molecule has 1 aliphatic carbocycles. The van der Waals surface area contributed by atoms with Gasteiger partial charge in [0.25, 0.3) is 5.92 Å². The first kappa shape index (κ1) is 14.0. The molecule has 1 heterocycles. The van der Waals surface area contributed by atoms with Gasteiger partial charge in [-0.25, -0.2) is 8.78 Å². The highest BCUT2D eigenvalue weighted by Gasteiger charge is 2.77. The molecule has 0 N–H and O–H groups in total. The standard InChI is InChI=1S/C15H19BF2O2/c1-13(2)14(3,4)20-16(19-13)12-11(15(12,17)18)10-8-6-5-7-9-10/h5-9,11-12H,1-4H3/t11-,12+/m0/s1. The van der Waals surface area contributed by atoms with Crippen LogP contribution >= 0.6 is 0 Å². The zero-order valence-electron chi connectivity index (χ0n) is 12.2. The largest absolute Gasteiger partial charge is 0.468 e. The molecule has 0 bridgehead atoms. The van der Waals surface area contributed by atoms with Gasteiger partial charge in [-0.15, -0.1) is 0 Å². The van der Waals surface area contributed by atoms with Crippen molar-refractivity contribution in [3.05, 3.63) is 35.9 Å². The first-order valence-electron chi connectivity index (χ1n) is 6.95. The average molecular weight is 280 g/mol. The Morgan fingerprint density at radius 2 is 1.45 bits per heavy atom. The predicted octanol–water partition coefficient (Wildman–Crippen LogP) is 3.88. The summed E-state index contributed by atoms with van der Waals surface area (Å²) in [5.41, 5.74) is -0.494. The van der Waals surface area contributed by atoms with Crippen LogP contribution in [-0.4, -0.2) is 24.2 Å². The lowest BCUT2D eigenvalue weighted by Gasteiger charge is -2.32. The van der Waals surface area contributed by atoms with Crippen molar-refractivity contribution in [3.63, 3.8) is 0 Å². The third-order valence-electron chi connectivity index (χ3n) is 4.83. The predicted molar refractivity (Wildman–Crippen MR) is 74.0 cm³/mol. The maximum atomic E-state index is 14.1. The molecule has 2 fully saturated rings. The van der Waals surface area contributed by atoms with E-state index in [2.05, 4.69) is 0 Å². The molecule has 0 aromatic heterocycles. The van der Waals surface area contributed by atoms with Crippen LogP contribution in [0.4, 0.5) is 8.78 Å². The van der Waals surface area contributed by atoms with Crippen molar-refractivity contribution in [2.75, 3.05) is 0 Å². The van der Waals surface area contributed by atoms with Crippen molar-refractivity contribution < 1.29 is 18.1 Å². The molecule has 2 nitrogen and oxygen atoms in total. The summed E-state index contributed by atoms with van der Waals surface area (Å²) in [6.07, 6.45) is 0. The Morgan fingerprint density at radius 3 is 1.95 bits per heavy atom. The fourth-order valence-electron chi connectivity index (χ4n) is 2.81. The van der Waals surface area contributed by atoms with Crippen LogP contribution in [0.15, 0.2) is 30.3 Å². The van der Waals surface area contributed by atoms with E-state index in [-0.39, 0.29) is 0 Å². The van der Waals surface area contributed by atoms with Crippen molar-refractivity contribution in [2.24, 2.45) is 0 Å². The molecule has 1 saturated heterocycles. The van der Waals surface area contributed by atoms with E-state index in [1.54, 1.807) is 24.3 Å². The third kappa shape index (κ3) is 1.91. The molecule has 5 heteroatoms. The Kier molecular flexibility index (Phi) is 2.84. The average Bonchev–Trinajstić information content (AvgIpc) is 2.83. The molecule has 1 aromatic rings. The molecule has 1 aromatic carbocycles. The van der Waals surface area contributed by atoms with Gasteiger partial charge in [0.2, 0.25) is 0 Å². The van der Waals surface area contributed by atoms with Crippen LogP contribution in [0.2, 0.25) is 5.82 Å². The highest BCUT2D eigenvalue weighted by Crippen LogP contribution is 2.69. The van der Waals surface area contributed by atoms with Gasteiger partial charge in [-0.2, -0.15) is 0 Å². The lowest BCUT2D eigenvalue weighted by Crippen LogP contribution is -2.41. The molecule has 3 rings (SSSR count). The minimum atomic E-state index is -2.76. The summed E-state index contributed by atoms with van der Waals surface area (Å²) in [5, 5.41) is 0. The van der Waals surface area contributed by atoms with E-state index >= 15 is 0 Å². The second-order valence-electron chi connectivity index (χ2n) is 6.71. The van der Waals surface area contributed by atoms with Gasteiger partial charge in [-0.1, -0.05) is 30.3 Å². The molecule has 1 saturated carbocycles. The Morgan fingerprint density at radius 1 is 0.950 bits per heavy atom. The van der Waals surface area contributed by atoms with E-state index < -0.39 is 36.0 Å². The summed E-state index contributed by atoms with van der Waals surface area (Å²) in [6.45, 7) is 7.52. The van der Waals surface area contributed by atoms with Gasteiger partial charge in [-0.3, -0.25) is 0 Å². The van der Waals surface area contributed by atoms with Crippen molar-refractivity contribution in [3.8, 4) is 0 Å². The summed E-state index contributed by atoms with van der Waals surface area (Å²) in [4.78, 5) is 0. The molecular weight excluding hydrogens is 261 g/mol. The fraction of sp³-hybridized carbons (Fsp3) is 0.600. The quantitative estimate of drug-likeness (QED) is 0.765. The van der Waals surface area contributed by atoms with Crippen molar-refractivity contribution in [1.29, 1.82) is 0 Å². The molecule has 2 aliphatic rings. The number of benzene rings is 1. The van der Waals surface area contributed by atoms with Crippen LogP contribution < -0.4 is 0 Å². The Bertz CT molecular complexity index is 500. The molecular formula is C15H19BF2O2. The smallest absolute Gasteiger partial charge is 0.403 e. The number of halogens is 2. The summed E-state index contributed by atoms with van der Waals surface area (Å²) >= 11 is 0. The number of rotatable bonds is 2. The van der Waals surface area contributed by atoms with E-state index in [9.17, 15) is 8.78 Å². The maximum absolute atomic E-state index is 14.1. The molecule has 0 spiro atoms. The Hall–Kier alpha value is -0.935. The summed E-state index contributed by atoms with van der Waals surface area (Å²) in [6, 6.07) is 8.87. The first-order valence-corrected chi connectivity index (χ1v) is 6.95. The van der Waals surface area contributed by atoms with Crippen LogP contribution in [0, 0.1) is 0 Å². The third-order valence-corrected chi connectivity index (χ3v) is 4.83.